The van der Waals surface area contributed by atoms with Crippen molar-refractivity contribution in [2.75, 3.05) is 0 Å². The third-order valence-corrected chi connectivity index (χ3v) is 4.89. The maximum Gasteiger partial charge on any atom is 0.0639 e. The standard InChI is InChI=1S/C13H17Cl3N2.2ClH/c14-10-1-2-11(15)12(16)9(10)7-13(18)5-3-8(17)4-6-13;;/h1-2,8H,3-7,17-18H2;2*1H. The molecule has 0 atom stereocenters. The van der Waals surface area contributed by atoms with Gasteiger partial charge in [0.05, 0.1) is 10.0 Å². The van der Waals surface area contributed by atoms with Crippen molar-refractivity contribution < 1.29 is 0 Å². The third-order valence-electron chi connectivity index (χ3n) is 3.69. The number of nitrogens with two attached hydrogens (primary N) is 2. The van der Waals surface area contributed by atoms with Gasteiger partial charge in [-0.2, -0.15) is 0 Å². The molecule has 4 N–H and O–H groups in total. The average Bonchev–Trinajstić information content (AvgIpc) is 2.34. The van der Waals surface area contributed by atoms with Crippen LogP contribution in [0.4, 0.5) is 0 Å². The van der Waals surface area contributed by atoms with Gasteiger partial charge in [-0.05, 0) is 49.8 Å². The number of rotatable bonds is 2. The van der Waals surface area contributed by atoms with Crippen LogP contribution in [-0.4, -0.2) is 11.6 Å². The number of hydrogen-bond donors (Lipinski definition) is 2. The lowest BCUT2D eigenvalue weighted by atomic mass is 9.77. The van der Waals surface area contributed by atoms with Crippen LogP contribution in [0.3, 0.4) is 0 Å². The summed E-state index contributed by atoms with van der Waals surface area (Å²) in [5.41, 5.74) is 12.9. The van der Waals surface area contributed by atoms with Crippen molar-refractivity contribution in [2.45, 2.75) is 43.7 Å². The van der Waals surface area contributed by atoms with Crippen LogP contribution < -0.4 is 11.5 Å². The largest absolute Gasteiger partial charge is 0.328 e. The Kier molecular flexibility index (Phi) is 8.53. The summed E-state index contributed by atoms with van der Waals surface area (Å²) in [6.07, 6.45) is 4.34. The van der Waals surface area contributed by atoms with Crippen LogP contribution in [0.1, 0.15) is 31.2 Å². The summed E-state index contributed by atoms with van der Waals surface area (Å²) in [5.74, 6) is 0. The van der Waals surface area contributed by atoms with Crippen LogP contribution in [0, 0.1) is 0 Å². The lowest BCUT2D eigenvalue weighted by Gasteiger charge is -2.36. The fraction of sp³-hybridized carbons (Fsp3) is 0.538. The van der Waals surface area contributed by atoms with Crippen molar-refractivity contribution in [3.63, 3.8) is 0 Å². The van der Waals surface area contributed by atoms with Gasteiger partial charge in [0.2, 0.25) is 0 Å². The summed E-state index contributed by atoms with van der Waals surface area (Å²) in [5, 5.41) is 1.67. The van der Waals surface area contributed by atoms with Gasteiger partial charge >= 0.3 is 0 Å². The fourth-order valence-corrected chi connectivity index (χ4v) is 3.16. The lowest BCUT2D eigenvalue weighted by molar-refractivity contribution is 0.271. The summed E-state index contributed by atoms with van der Waals surface area (Å²) in [6, 6.07) is 3.74. The van der Waals surface area contributed by atoms with Gasteiger partial charge in [-0.3, -0.25) is 0 Å². The van der Waals surface area contributed by atoms with E-state index in [1.807, 2.05) is 0 Å². The smallest absolute Gasteiger partial charge is 0.0639 e. The second-order valence-corrected chi connectivity index (χ2v) is 6.39. The van der Waals surface area contributed by atoms with Crippen LogP contribution >= 0.6 is 59.6 Å². The van der Waals surface area contributed by atoms with Crippen LogP contribution in [-0.2, 0) is 6.42 Å². The molecule has 0 saturated heterocycles. The SMILES string of the molecule is Cl.Cl.NC1CCC(N)(Cc2c(Cl)ccc(Cl)c2Cl)CC1. The van der Waals surface area contributed by atoms with E-state index >= 15 is 0 Å². The van der Waals surface area contributed by atoms with E-state index in [1.165, 1.54) is 0 Å². The molecule has 1 fully saturated rings. The first-order valence-electron chi connectivity index (χ1n) is 6.08. The van der Waals surface area contributed by atoms with E-state index in [-0.39, 0.29) is 36.4 Å². The Balaban J connectivity index is 0.00000180. The van der Waals surface area contributed by atoms with Crippen molar-refractivity contribution >= 4 is 59.6 Å². The van der Waals surface area contributed by atoms with Crippen molar-refractivity contribution in [1.29, 1.82) is 0 Å². The zero-order valence-electron chi connectivity index (χ0n) is 10.9. The summed E-state index contributed by atoms with van der Waals surface area (Å²) in [4.78, 5) is 0. The van der Waals surface area contributed by atoms with Crippen molar-refractivity contribution in [3.05, 3.63) is 32.8 Å². The topological polar surface area (TPSA) is 52.0 Å². The third kappa shape index (κ3) is 4.81. The summed E-state index contributed by atoms with van der Waals surface area (Å²) >= 11 is 18.4. The average molecular weight is 381 g/mol. The molecule has 0 amide bonds. The summed E-state index contributed by atoms with van der Waals surface area (Å²) < 4.78 is 0. The molecule has 7 heteroatoms. The number of halogens is 5. The van der Waals surface area contributed by atoms with Crippen LogP contribution in [0.5, 0.6) is 0 Å². The van der Waals surface area contributed by atoms with Crippen molar-refractivity contribution in [3.8, 4) is 0 Å². The molecular formula is C13H19Cl5N2. The molecule has 1 aliphatic carbocycles. The van der Waals surface area contributed by atoms with Crippen molar-refractivity contribution in [1.82, 2.24) is 0 Å². The maximum atomic E-state index is 6.43. The highest BCUT2D eigenvalue weighted by Crippen LogP contribution is 2.36. The summed E-state index contributed by atoms with van der Waals surface area (Å²) in [6.45, 7) is 0. The van der Waals surface area contributed by atoms with Crippen LogP contribution in [0.25, 0.3) is 0 Å². The molecule has 116 valence electrons. The number of benzene rings is 1. The Bertz CT molecular complexity index is 445. The first kappa shape index (κ1) is 20.6. The van der Waals surface area contributed by atoms with Gasteiger partial charge in [0.1, 0.15) is 0 Å². The normalized spacial score (nSPS) is 25.6. The summed E-state index contributed by atoms with van der Waals surface area (Å²) in [7, 11) is 0. The van der Waals surface area contributed by atoms with Crippen molar-refractivity contribution in [2.24, 2.45) is 11.5 Å². The maximum absolute atomic E-state index is 6.43. The predicted molar refractivity (Wildman–Crippen MR) is 93.0 cm³/mol. The van der Waals surface area contributed by atoms with E-state index < -0.39 is 0 Å². The van der Waals surface area contributed by atoms with E-state index in [1.54, 1.807) is 12.1 Å². The monoisotopic (exact) mass is 378 g/mol. The highest BCUT2D eigenvalue weighted by molar-refractivity contribution is 6.44. The Morgan fingerprint density at radius 2 is 1.55 bits per heavy atom. The van der Waals surface area contributed by atoms with E-state index in [2.05, 4.69) is 0 Å². The Hall–Kier alpha value is 0.590. The van der Waals surface area contributed by atoms with Gasteiger partial charge in [0.15, 0.2) is 0 Å². The predicted octanol–water partition coefficient (Wildman–Crippen LogP) is 4.63. The van der Waals surface area contributed by atoms with Gasteiger partial charge in [-0.25, -0.2) is 0 Å². The second-order valence-electron chi connectivity index (χ2n) is 5.20. The minimum absolute atomic E-state index is 0. The van der Waals surface area contributed by atoms with Crippen LogP contribution in [0.15, 0.2) is 12.1 Å². The highest BCUT2D eigenvalue weighted by atomic mass is 35.5. The highest BCUT2D eigenvalue weighted by Gasteiger charge is 2.32. The Morgan fingerprint density at radius 3 is 2.10 bits per heavy atom. The zero-order chi connectivity index (χ0) is 13.3. The molecule has 0 heterocycles. The van der Waals surface area contributed by atoms with E-state index in [0.717, 1.165) is 31.2 Å². The molecule has 0 radical (unpaired) electrons. The first-order chi connectivity index (χ1) is 8.41. The minimum atomic E-state index is -0.270. The molecule has 0 unspecified atom stereocenters. The molecule has 0 bridgehead atoms. The van der Waals surface area contributed by atoms with Gasteiger partial charge in [-0.15, -0.1) is 24.8 Å². The van der Waals surface area contributed by atoms with E-state index in [0.29, 0.717) is 21.5 Å². The molecule has 20 heavy (non-hydrogen) atoms. The quantitative estimate of drug-likeness (QED) is 0.735. The van der Waals surface area contributed by atoms with Gasteiger partial charge in [-0.1, -0.05) is 34.8 Å². The molecule has 0 spiro atoms. The molecular weight excluding hydrogens is 361 g/mol. The molecule has 1 saturated carbocycles. The molecule has 0 aromatic heterocycles. The van der Waals surface area contributed by atoms with Crippen LogP contribution in [0.2, 0.25) is 15.1 Å². The lowest BCUT2D eigenvalue weighted by Crippen LogP contribution is -2.47. The Morgan fingerprint density at radius 1 is 1.05 bits per heavy atom. The molecule has 2 nitrogen and oxygen atoms in total. The zero-order valence-corrected chi connectivity index (χ0v) is 14.8. The molecule has 2 rings (SSSR count). The fourth-order valence-electron chi connectivity index (χ4n) is 2.47. The molecule has 1 aromatic carbocycles. The van der Waals surface area contributed by atoms with E-state index in [9.17, 15) is 0 Å². The Labute approximate surface area is 147 Å². The minimum Gasteiger partial charge on any atom is -0.328 e. The number of hydrogen-bond acceptors (Lipinski definition) is 2. The van der Waals surface area contributed by atoms with Gasteiger partial charge in [0.25, 0.3) is 0 Å². The molecule has 1 aliphatic rings. The first-order valence-corrected chi connectivity index (χ1v) is 7.21. The van der Waals surface area contributed by atoms with Gasteiger partial charge in [0, 0.05) is 16.6 Å². The van der Waals surface area contributed by atoms with Gasteiger partial charge < -0.3 is 11.5 Å². The second kappa shape index (κ2) is 8.28. The molecule has 0 aliphatic heterocycles. The van der Waals surface area contributed by atoms with E-state index in [4.69, 9.17) is 46.3 Å². The molecule has 1 aromatic rings.